The van der Waals surface area contributed by atoms with E-state index in [4.69, 9.17) is 4.42 Å². The molecule has 0 radical (unpaired) electrons. The van der Waals surface area contributed by atoms with Gasteiger partial charge in [0.15, 0.2) is 5.13 Å². The Balaban J connectivity index is 1.28. The maximum Gasteiger partial charge on any atom is 0.297 e. The number of furan rings is 1. The molecule has 35 heavy (non-hydrogen) atoms. The van der Waals surface area contributed by atoms with Crippen LogP contribution in [0.15, 0.2) is 69.5 Å². The van der Waals surface area contributed by atoms with E-state index in [1.54, 1.807) is 6.07 Å². The summed E-state index contributed by atoms with van der Waals surface area (Å²) in [5, 5.41) is 8.61. The molecule has 0 aliphatic rings. The Morgan fingerprint density at radius 1 is 1.14 bits per heavy atom. The number of para-hydroxylation sites is 1. The highest BCUT2D eigenvalue weighted by Gasteiger charge is 2.15. The number of rotatable bonds is 6. The average molecular weight is 488 g/mol. The summed E-state index contributed by atoms with van der Waals surface area (Å²) in [6.45, 7) is 3.18. The summed E-state index contributed by atoms with van der Waals surface area (Å²) in [5.74, 6) is -0.484. The molecule has 0 spiro atoms. The monoisotopic (exact) mass is 487 g/mol. The van der Waals surface area contributed by atoms with Gasteiger partial charge in [-0.25, -0.2) is 9.97 Å². The molecule has 1 atom stereocenters. The van der Waals surface area contributed by atoms with Crippen molar-refractivity contribution in [3.63, 3.8) is 0 Å². The quantitative estimate of drug-likeness (QED) is 0.372. The van der Waals surface area contributed by atoms with E-state index in [-0.39, 0.29) is 24.1 Å². The maximum atomic E-state index is 12.8. The van der Waals surface area contributed by atoms with E-state index < -0.39 is 11.5 Å². The molecular formula is C25H21N5O4S. The number of nitrogens with zero attached hydrogens (tertiary/aromatic N) is 3. The first-order chi connectivity index (χ1) is 16.9. The summed E-state index contributed by atoms with van der Waals surface area (Å²) in [6.07, 6.45) is 1.35. The van der Waals surface area contributed by atoms with Gasteiger partial charge < -0.3 is 15.1 Å². The molecule has 3 aromatic heterocycles. The lowest BCUT2D eigenvalue weighted by Crippen LogP contribution is -2.27. The van der Waals surface area contributed by atoms with E-state index in [0.717, 1.165) is 16.5 Å². The second-order valence-corrected chi connectivity index (χ2v) is 8.94. The molecule has 2 amide bonds. The summed E-state index contributed by atoms with van der Waals surface area (Å²) in [6, 6.07) is 14.9. The van der Waals surface area contributed by atoms with Crippen LogP contribution in [0, 0.1) is 0 Å². The van der Waals surface area contributed by atoms with Gasteiger partial charge in [-0.2, -0.15) is 0 Å². The third kappa shape index (κ3) is 4.56. The average Bonchev–Trinajstić information content (AvgIpc) is 3.45. The number of benzene rings is 2. The smallest absolute Gasteiger partial charge is 0.297 e. The summed E-state index contributed by atoms with van der Waals surface area (Å²) >= 11 is 1.29. The van der Waals surface area contributed by atoms with Crippen LogP contribution in [-0.4, -0.2) is 26.3 Å². The number of aromatic nitrogens is 3. The molecule has 0 aliphatic carbocycles. The molecule has 0 fully saturated rings. The fourth-order valence-electron chi connectivity index (χ4n) is 3.84. The van der Waals surface area contributed by atoms with E-state index in [1.807, 2.05) is 54.8 Å². The van der Waals surface area contributed by atoms with Crippen LogP contribution in [0.1, 0.15) is 25.5 Å². The van der Waals surface area contributed by atoms with Crippen molar-refractivity contribution in [3.8, 4) is 11.3 Å². The summed E-state index contributed by atoms with van der Waals surface area (Å²) in [4.78, 5) is 45.5. The van der Waals surface area contributed by atoms with Gasteiger partial charge in [-0.3, -0.25) is 19.0 Å². The minimum absolute atomic E-state index is 0.0861. The lowest BCUT2D eigenvalue weighted by Gasteiger charge is -2.13. The van der Waals surface area contributed by atoms with Crippen molar-refractivity contribution in [2.45, 2.75) is 26.4 Å². The fraction of sp³-hybridized carbons (Fsp3) is 0.160. The van der Waals surface area contributed by atoms with Crippen LogP contribution >= 0.6 is 11.3 Å². The van der Waals surface area contributed by atoms with Gasteiger partial charge in [-0.1, -0.05) is 36.4 Å². The molecule has 176 valence electrons. The Morgan fingerprint density at radius 3 is 2.69 bits per heavy atom. The lowest BCUT2D eigenvalue weighted by atomic mass is 10.1. The third-order valence-corrected chi connectivity index (χ3v) is 6.30. The largest absolute Gasteiger partial charge is 0.448 e. The fourth-order valence-corrected chi connectivity index (χ4v) is 4.57. The van der Waals surface area contributed by atoms with Crippen LogP contribution in [0.5, 0.6) is 0 Å². The predicted octanol–water partition coefficient (Wildman–Crippen LogP) is 4.10. The number of carbonyl (C=O) groups excluding carboxylic acids is 2. The van der Waals surface area contributed by atoms with Crippen molar-refractivity contribution in [2.75, 3.05) is 5.32 Å². The molecule has 2 aromatic carbocycles. The second-order valence-electron chi connectivity index (χ2n) is 8.08. The highest BCUT2D eigenvalue weighted by molar-refractivity contribution is 7.14. The molecule has 0 bridgehead atoms. The van der Waals surface area contributed by atoms with E-state index in [1.165, 1.54) is 29.2 Å². The molecule has 5 rings (SSSR count). The Bertz CT molecular complexity index is 1620. The summed E-state index contributed by atoms with van der Waals surface area (Å²) < 4.78 is 6.87. The van der Waals surface area contributed by atoms with Gasteiger partial charge in [0.2, 0.25) is 17.4 Å². The zero-order valence-electron chi connectivity index (χ0n) is 18.9. The minimum atomic E-state index is -0.422. The zero-order chi connectivity index (χ0) is 24.5. The molecule has 0 saturated heterocycles. The first kappa shape index (κ1) is 22.5. The number of fused-ring (bicyclic) bond motifs is 3. The molecule has 1 unspecified atom stereocenters. The van der Waals surface area contributed by atoms with E-state index in [9.17, 15) is 14.4 Å². The number of thiazole rings is 1. The number of amides is 2. The van der Waals surface area contributed by atoms with Crippen molar-refractivity contribution < 1.29 is 14.0 Å². The lowest BCUT2D eigenvalue weighted by molar-refractivity contribution is -0.119. The number of nitrogens with one attached hydrogen (secondary N) is 2. The second kappa shape index (κ2) is 9.15. The SMILES string of the molecule is CC(=O)NC(C)c1ccc(-c2csc(NC(=O)Cn3cnc4c(oc5ccccc54)c3=O)n2)cc1. The number of carbonyl (C=O) groups is 2. The highest BCUT2D eigenvalue weighted by Crippen LogP contribution is 2.27. The van der Waals surface area contributed by atoms with Crippen LogP contribution in [0.3, 0.4) is 0 Å². The van der Waals surface area contributed by atoms with Gasteiger partial charge >= 0.3 is 0 Å². The summed E-state index contributed by atoms with van der Waals surface area (Å²) in [5.41, 5.74) is 3.33. The van der Waals surface area contributed by atoms with Crippen molar-refractivity contribution in [1.29, 1.82) is 0 Å². The van der Waals surface area contributed by atoms with Gasteiger partial charge in [-0.15, -0.1) is 11.3 Å². The minimum Gasteiger partial charge on any atom is -0.448 e. The summed E-state index contributed by atoms with van der Waals surface area (Å²) in [7, 11) is 0. The van der Waals surface area contributed by atoms with E-state index >= 15 is 0 Å². The number of anilines is 1. The third-order valence-electron chi connectivity index (χ3n) is 5.54. The molecular weight excluding hydrogens is 466 g/mol. The van der Waals surface area contributed by atoms with Gasteiger partial charge in [0.25, 0.3) is 5.56 Å². The van der Waals surface area contributed by atoms with Crippen LogP contribution < -0.4 is 16.2 Å². The van der Waals surface area contributed by atoms with Gasteiger partial charge in [0, 0.05) is 23.3 Å². The first-order valence-electron chi connectivity index (χ1n) is 10.9. The Kier molecular flexibility index (Phi) is 5.87. The molecule has 0 saturated carbocycles. The van der Waals surface area contributed by atoms with E-state index in [0.29, 0.717) is 21.9 Å². The molecule has 10 heteroatoms. The highest BCUT2D eigenvalue weighted by atomic mass is 32.1. The predicted molar refractivity (Wildman–Crippen MR) is 134 cm³/mol. The molecule has 0 aliphatic heterocycles. The number of hydrogen-bond donors (Lipinski definition) is 2. The van der Waals surface area contributed by atoms with E-state index in [2.05, 4.69) is 20.6 Å². The standard InChI is InChI=1S/C25H21N5O4S/c1-14(27-15(2)31)16-7-9-17(10-8-16)19-12-35-25(28-19)29-21(32)11-30-13-26-22-18-5-3-4-6-20(18)34-23(22)24(30)33/h3-10,12-14H,11H2,1-2H3,(H,27,31)(H,28,29,32). The Hall–Kier alpha value is -4.31. The van der Waals surface area contributed by atoms with Crippen LogP contribution in [0.4, 0.5) is 5.13 Å². The van der Waals surface area contributed by atoms with Crippen molar-refractivity contribution in [3.05, 3.63) is 76.2 Å². The zero-order valence-corrected chi connectivity index (χ0v) is 19.8. The Labute approximate surface area is 203 Å². The number of hydrogen-bond acceptors (Lipinski definition) is 7. The maximum absolute atomic E-state index is 12.8. The molecule has 2 N–H and O–H groups in total. The van der Waals surface area contributed by atoms with Crippen LogP contribution in [0.2, 0.25) is 0 Å². The van der Waals surface area contributed by atoms with Crippen LogP contribution in [-0.2, 0) is 16.1 Å². The Morgan fingerprint density at radius 2 is 1.91 bits per heavy atom. The molecule has 3 heterocycles. The van der Waals surface area contributed by atoms with Gasteiger partial charge in [-0.05, 0) is 24.6 Å². The molecule has 9 nitrogen and oxygen atoms in total. The first-order valence-corrected chi connectivity index (χ1v) is 11.8. The van der Waals surface area contributed by atoms with Crippen molar-refractivity contribution in [1.82, 2.24) is 19.9 Å². The normalized spacial score (nSPS) is 12.1. The van der Waals surface area contributed by atoms with Crippen molar-refractivity contribution in [2.24, 2.45) is 0 Å². The van der Waals surface area contributed by atoms with Crippen molar-refractivity contribution >= 4 is 50.4 Å². The van der Waals surface area contributed by atoms with Gasteiger partial charge in [0.05, 0.1) is 18.1 Å². The molecule has 5 aromatic rings. The van der Waals surface area contributed by atoms with Gasteiger partial charge in [0.1, 0.15) is 17.6 Å². The topological polar surface area (TPSA) is 119 Å². The van der Waals surface area contributed by atoms with Crippen LogP contribution in [0.25, 0.3) is 33.3 Å².